The third kappa shape index (κ3) is 3.19. The number of Topliss-reactive ketones (excluding diaryl/α,β-unsaturated/α-hetero) is 1. The van der Waals surface area contributed by atoms with Crippen LogP contribution in [-0.4, -0.2) is 36.2 Å². The van der Waals surface area contributed by atoms with Crippen LogP contribution in [0.2, 0.25) is 5.02 Å². The van der Waals surface area contributed by atoms with Crippen LogP contribution >= 0.6 is 11.6 Å². The average Bonchev–Trinajstić information content (AvgIpc) is 2.88. The molecule has 1 aromatic carbocycles. The number of fused-ring (bicyclic) bond motifs is 1. The summed E-state index contributed by atoms with van der Waals surface area (Å²) in [6.07, 6.45) is -2.16. The molecule has 3 rings (SSSR count). The van der Waals surface area contributed by atoms with Crippen LogP contribution in [0.5, 0.6) is 0 Å². The third-order valence-corrected chi connectivity index (χ3v) is 3.96. The van der Waals surface area contributed by atoms with E-state index in [0.717, 1.165) is 5.56 Å². The Morgan fingerprint density at radius 2 is 2.14 bits per heavy atom. The van der Waals surface area contributed by atoms with Crippen molar-refractivity contribution in [2.75, 3.05) is 0 Å². The zero-order valence-electron chi connectivity index (χ0n) is 12.7. The zero-order chi connectivity index (χ0) is 15.9. The van der Waals surface area contributed by atoms with Crippen molar-refractivity contribution in [3.8, 4) is 0 Å². The predicted octanol–water partition coefficient (Wildman–Crippen LogP) is 2.69. The molecule has 0 N–H and O–H groups in total. The molecule has 2 fully saturated rings. The van der Waals surface area contributed by atoms with Gasteiger partial charge in [-0.05, 0) is 38.5 Å². The zero-order valence-corrected chi connectivity index (χ0v) is 13.5. The fourth-order valence-electron chi connectivity index (χ4n) is 2.81. The molecule has 0 amide bonds. The quantitative estimate of drug-likeness (QED) is 0.851. The molecule has 6 heteroatoms. The fourth-order valence-corrected chi connectivity index (χ4v) is 3.02. The van der Waals surface area contributed by atoms with Crippen molar-refractivity contribution in [1.82, 2.24) is 0 Å². The standard InChI is InChI=1S/C16H19ClO5/c1-9(18)12-13(14-15(20-12)22-16(2,3)21-14)19-8-10-5-4-6-11(17)7-10/h4-7,12-15H,8H2,1-3H3/t12-,13+,14-,15-/m1/s1. The van der Waals surface area contributed by atoms with Crippen molar-refractivity contribution in [3.05, 3.63) is 34.9 Å². The molecule has 0 unspecified atom stereocenters. The van der Waals surface area contributed by atoms with Crippen molar-refractivity contribution in [3.63, 3.8) is 0 Å². The Hall–Kier alpha value is -0.980. The number of hydrogen-bond donors (Lipinski definition) is 0. The second-order valence-corrected chi connectivity index (χ2v) is 6.48. The summed E-state index contributed by atoms with van der Waals surface area (Å²) >= 11 is 5.97. The van der Waals surface area contributed by atoms with E-state index in [1.807, 2.05) is 32.0 Å². The van der Waals surface area contributed by atoms with Gasteiger partial charge in [-0.3, -0.25) is 4.79 Å². The van der Waals surface area contributed by atoms with Crippen molar-refractivity contribution in [1.29, 1.82) is 0 Å². The number of benzene rings is 1. The number of carbonyl (C=O) groups excluding carboxylic acids is 1. The maximum absolute atomic E-state index is 11.8. The number of carbonyl (C=O) groups is 1. The van der Waals surface area contributed by atoms with Crippen LogP contribution in [0.4, 0.5) is 0 Å². The molecule has 120 valence electrons. The summed E-state index contributed by atoms with van der Waals surface area (Å²) in [5.74, 6) is -0.843. The Morgan fingerprint density at radius 1 is 1.36 bits per heavy atom. The number of hydrogen-bond acceptors (Lipinski definition) is 5. The second-order valence-electron chi connectivity index (χ2n) is 6.04. The molecule has 4 atom stereocenters. The summed E-state index contributed by atoms with van der Waals surface area (Å²) in [4.78, 5) is 11.8. The average molecular weight is 327 g/mol. The Balaban J connectivity index is 1.72. The van der Waals surface area contributed by atoms with Gasteiger partial charge in [-0.15, -0.1) is 0 Å². The van der Waals surface area contributed by atoms with E-state index in [1.54, 1.807) is 6.07 Å². The first kappa shape index (κ1) is 15.9. The van der Waals surface area contributed by atoms with Gasteiger partial charge >= 0.3 is 0 Å². The van der Waals surface area contributed by atoms with E-state index in [-0.39, 0.29) is 5.78 Å². The van der Waals surface area contributed by atoms with Crippen LogP contribution in [0.25, 0.3) is 0 Å². The highest BCUT2D eigenvalue weighted by Crippen LogP contribution is 2.39. The first-order chi connectivity index (χ1) is 10.4. The highest BCUT2D eigenvalue weighted by molar-refractivity contribution is 6.30. The molecule has 1 aromatic rings. The van der Waals surface area contributed by atoms with Crippen LogP contribution in [0, 0.1) is 0 Å². The van der Waals surface area contributed by atoms with Crippen molar-refractivity contribution in [2.24, 2.45) is 0 Å². The highest BCUT2D eigenvalue weighted by atomic mass is 35.5. The SMILES string of the molecule is CC(=O)[C@H]1O[C@@H]2OC(C)(C)O[C@@H]2[C@H]1OCc1cccc(Cl)c1. The number of ketones is 1. The normalized spacial score (nSPS) is 32.9. The molecule has 22 heavy (non-hydrogen) atoms. The first-order valence-corrected chi connectivity index (χ1v) is 7.61. The predicted molar refractivity (Wildman–Crippen MR) is 79.4 cm³/mol. The Morgan fingerprint density at radius 3 is 2.82 bits per heavy atom. The largest absolute Gasteiger partial charge is 0.367 e. The van der Waals surface area contributed by atoms with Crippen LogP contribution < -0.4 is 0 Å². The molecule has 5 nitrogen and oxygen atoms in total. The lowest BCUT2D eigenvalue weighted by Gasteiger charge is -2.24. The van der Waals surface area contributed by atoms with E-state index >= 15 is 0 Å². The summed E-state index contributed by atoms with van der Waals surface area (Å²) in [5.41, 5.74) is 0.927. The minimum Gasteiger partial charge on any atom is -0.367 e. The number of halogens is 1. The van der Waals surface area contributed by atoms with Crippen molar-refractivity contribution < 1.29 is 23.7 Å². The Kier molecular flexibility index (Phi) is 4.27. The highest BCUT2D eigenvalue weighted by Gasteiger charge is 2.56. The summed E-state index contributed by atoms with van der Waals surface area (Å²) in [5, 5.41) is 0.645. The monoisotopic (exact) mass is 326 g/mol. The molecule has 0 aliphatic carbocycles. The van der Waals surface area contributed by atoms with Gasteiger partial charge in [0.15, 0.2) is 17.9 Å². The topological polar surface area (TPSA) is 54.0 Å². The molecule has 0 aromatic heterocycles. The van der Waals surface area contributed by atoms with Gasteiger partial charge in [0.1, 0.15) is 18.3 Å². The van der Waals surface area contributed by atoms with Gasteiger partial charge in [0.2, 0.25) is 0 Å². The Labute approximate surface area is 134 Å². The van der Waals surface area contributed by atoms with E-state index in [4.69, 9.17) is 30.5 Å². The number of ether oxygens (including phenoxy) is 4. The van der Waals surface area contributed by atoms with Crippen LogP contribution in [0.3, 0.4) is 0 Å². The molecule has 0 spiro atoms. The fraction of sp³-hybridized carbons (Fsp3) is 0.562. The van der Waals surface area contributed by atoms with Crippen LogP contribution in [0.15, 0.2) is 24.3 Å². The lowest BCUT2D eigenvalue weighted by atomic mass is 10.1. The van der Waals surface area contributed by atoms with Gasteiger partial charge in [-0.1, -0.05) is 23.7 Å². The molecule has 2 saturated heterocycles. The maximum Gasteiger partial charge on any atom is 0.190 e. The van der Waals surface area contributed by atoms with Gasteiger partial charge in [0.25, 0.3) is 0 Å². The Bertz CT molecular complexity index is 573. The molecule has 0 radical (unpaired) electrons. The van der Waals surface area contributed by atoms with Crippen molar-refractivity contribution in [2.45, 2.75) is 57.8 Å². The van der Waals surface area contributed by atoms with E-state index < -0.39 is 30.4 Å². The van der Waals surface area contributed by atoms with Gasteiger partial charge in [-0.2, -0.15) is 0 Å². The lowest BCUT2D eigenvalue weighted by Crippen LogP contribution is -2.39. The first-order valence-electron chi connectivity index (χ1n) is 7.23. The minimum absolute atomic E-state index is 0.101. The van der Waals surface area contributed by atoms with Gasteiger partial charge in [-0.25, -0.2) is 0 Å². The second kappa shape index (κ2) is 5.91. The van der Waals surface area contributed by atoms with E-state index in [2.05, 4.69) is 0 Å². The molecular weight excluding hydrogens is 308 g/mol. The van der Waals surface area contributed by atoms with Crippen molar-refractivity contribution >= 4 is 17.4 Å². The molecule has 2 aliphatic heterocycles. The van der Waals surface area contributed by atoms with Crippen LogP contribution in [-0.2, 0) is 30.3 Å². The molecule has 2 aliphatic rings. The summed E-state index contributed by atoms with van der Waals surface area (Å²) in [6, 6.07) is 7.40. The smallest absolute Gasteiger partial charge is 0.190 e. The van der Waals surface area contributed by atoms with E-state index in [0.29, 0.717) is 11.6 Å². The molecule has 0 bridgehead atoms. The molecular formula is C16H19ClO5. The van der Waals surface area contributed by atoms with Gasteiger partial charge < -0.3 is 18.9 Å². The van der Waals surface area contributed by atoms with Crippen LogP contribution in [0.1, 0.15) is 26.3 Å². The minimum atomic E-state index is -0.741. The summed E-state index contributed by atoms with van der Waals surface area (Å²) in [6.45, 7) is 5.43. The van der Waals surface area contributed by atoms with Gasteiger partial charge in [0, 0.05) is 5.02 Å². The van der Waals surface area contributed by atoms with Gasteiger partial charge in [0.05, 0.1) is 6.61 Å². The lowest BCUT2D eigenvalue weighted by molar-refractivity contribution is -0.218. The molecule has 2 heterocycles. The van der Waals surface area contributed by atoms with E-state index in [9.17, 15) is 4.79 Å². The summed E-state index contributed by atoms with van der Waals surface area (Å²) < 4.78 is 23.1. The van der Waals surface area contributed by atoms with E-state index in [1.165, 1.54) is 6.92 Å². The summed E-state index contributed by atoms with van der Waals surface area (Å²) in [7, 11) is 0. The molecule has 0 saturated carbocycles. The maximum atomic E-state index is 11.8. The third-order valence-electron chi connectivity index (χ3n) is 3.72. The number of rotatable bonds is 4.